The predicted octanol–water partition coefficient (Wildman–Crippen LogP) is 6.70. The molecule has 0 aromatic carbocycles. The van der Waals surface area contributed by atoms with Crippen molar-refractivity contribution in [1.82, 2.24) is 0 Å². The maximum atomic E-state index is 10.0. The molecule has 0 bridgehead atoms. The zero-order chi connectivity index (χ0) is 20.3. The van der Waals surface area contributed by atoms with E-state index in [1.165, 1.54) is 62.5 Å². The normalized spacial score (nSPS) is 36.3. The molecule has 5 atom stereocenters. The molecule has 0 aromatic heterocycles. The van der Waals surface area contributed by atoms with Crippen molar-refractivity contribution in [3.05, 3.63) is 35.5 Å². The van der Waals surface area contributed by atoms with Crippen LogP contribution >= 0.6 is 0 Å². The zero-order valence-electron chi connectivity index (χ0n) is 19.0. The molecule has 0 amide bonds. The Hall–Kier alpha value is 0.440. The van der Waals surface area contributed by atoms with Gasteiger partial charge in [-0.2, -0.15) is 0 Å². The zero-order valence-corrected chi connectivity index (χ0v) is 19.0. The Morgan fingerprint density at radius 1 is 1.10 bits per heavy atom. The van der Waals surface area contributed by atoms with Crippen molar-refractivity contribution in [2.24, 2.45) is 29.1 Å². The molecular formula is C27H46CaO. The van der Waals surface area contributed by atoms with E-state index in [9.17, 15) is 5.11 Å². The van der Waals surface area contributed by atoms with Gasteiger partial charge >= 0.3 is 37.7 Å². The van der Waals surface area contributed by atoms with Gasteiger partial charge < -0.3 is 5.11 Å². The van der Waals surface area contributed by atoms with E-state index in [0.717, 1.165) is 42.9 Å². The van der Waals surface area contributed by atoms with E-state index in [0.29, 0.717) is 5.41 Å². The average molecular weight is 427 g/mol. The van der Waals surface area contributed by atoms with Crippen molar-refractivity contribution in [2.45, 2.75) is 104 Å². The van der Waals surface area contributed by atoms with Gasteiger partial charge in [-0.25, -0.2) is 0 Å². The van der Waals surface area contributed by atoms with Gasteiger partial charge in [-0.15, -0.1) is 0 Å². The molecule has 0 heterocycles. The minimum absolute atomic E-state index is 0. The second-order valence-corrected chi connectivity index (χ2v) is 10.8. The molecule has 1 N–H and O–H groups in total. The van der Waals surface area contributed by atoms with Gasteiger partial charge in [0, 0.05) is 0 Å². The van der Waals surface area contributed by atoms with Crippen LogP contribution in [-0.4, -0.2) is 48.9 Å². The van der Waals surface area contributed by atoms with E-state index >= 15 is 0 Å². The van der Waals surface area contributed by atoms with E-state index < -0.39 is 0 Å². The van der Waals surface area contributed by atoms with Crippen molar-refractivity contribution >= 4 is 37.7 Å². The Labute approximate surface area is 210 Å². The molecule has 3 rings (SSSR count). The second kappa shape index (κ2) is 11.3. The van der Waals surface area contributed by atoms with Crippen LogP contribution in [-0.2, 0) is 0 Å². The third-order valence-electron chi connectivity index (χ3n) is 8.35. The van der Waals surface area contributed by atoms with Crippen molar-refractivity contribution < 1.29 is 5.11 Å². The van der Waals surface area contributed by atoms with Crippen LogP contribution in [0, 0.1) is 29.1 Å². The molecule has 3 aliphatic rings. The van der Waals surface area contributed by atoms with E-state index in [-0.39, 0.29) is 43.8 Å². The predicted molar refractivity (Wildman–Crippen MR) is 130 cm³/mol. The molecule has 3 aliphatic carbocycles. The van der Waals surface area contributed by atoms with E-state index in [2.05, 4.69) is 46.4 Å². The van der Waals surface area contributed by atoms with Gasteiger partial charge in [0.1, 0.15) is 0 Å². The molecule has 0 radical (unpaired) electrons. The molecule has 3 fully saturated rings. The van der Waals surface area contributed by atoms with Gasteiger partial charge in [-0.3, -0.25) is 0 Å². The van der Waals surface area contributed by atoms with Crippen molar-refractivity contribution in [1.29, 1.82) is 0 Å². The van der Waals surface area contributed by atoms with Crippen LogP contribution in [0.2, 0.25) is 0 Å². The third-order valence-corrected chi connectivity index (χ3v) is 8.35. The number of hydrogen-bond acceptors (Lipinski definition) is 1. The Morgan fingerprint density at radius 3 is 2.59 bits per heavy atom. The summed E-state index contributed by atoms with van der Waals surface area (Å²) in [5, 5.41) is 10.0. The van der Waals surface area contributed by atoms with Gasteiger partial charge in [-0.05, 0) is 86.0 Å². The summed E-state index contributed by atoms with van der Waals surface area (Å²) < 4.78 is 0. The van der Waals surface area contributed by atoms with Gasteiger partial charge in [0.25, 0.3) is 0 Å². The molecule has 1 nitrogen and oxygen atoms in total. The fourth-order valence-electron chi connectivity index (χ4n) is 6.66. The molecule has 1 unspecified atom stereocenters. The van der Waals surface area contributed by atoms with E-state index in [4.69, 9.17) is 0 Å². The summed E-state index contributed by atoms with van der Waals surface area (Å²) >= 11 is 0. The summed E-state index contributed by atoms with van der Waals surface area (Å²) in [7, 11) is 0. The van der Waals surface area contributed by atoms with Crippen LogP contribution in [0.1, 0.15) is 98.3 Å². The molecule has 0 saturated heterocycles. The molecule has 29 heavy (non-hydrogen) atoms. The number of allylic oxidation sites excluding steroid dienone is 4. The van der Waals surface area contributed by atoms with Gasteiger partial charge in [0.15, 0.2) is 0 Å². The fourth-order valence-corrected chi connectivity index (χ4v) is 6.66. The number of aliphatic hydroxyl groups is 1. The fraction of sp³-hybridized carbons (Fsp3) is 0.778. The number of rotatable bonds is 6. The SMILES string of the molecule is C=C1CC[C@H](O)C/C1=C/C=C1CCC[C@@]2(C)C1CC[C@@H]2[C@H](C)CCCC(C)C.[CaH2]. The van der Waals surface area contributed by atoms with Crippen LogP contribution in [0.3, 0.4) is 0 Å². The van der Waals surface area contributed by atoms with Crippen molar-refractivity contribution in [3.63, 3.8) is 0 Å². The van der Waals surface area contributed by atoms with Crippen LogP contribution in [0.15, 0.2) is 35.5 Å². The first-order chi connectivity index (χ1) is 13.3. The van der Waals surface area contributed by atoms with E-state index in [1.54, 1.807) is 5.57 Å². The molecule has 162 valence electrons. The van der Waals surface area contributed by atoms with Gasteiger partial charge in [-0.1, -0.05) is 76.8 Å². The number of aliphatic hydroxyl groups excluding tert-OH is 1. The van der Waals surface area contributed by atoms with Gasteiger partial charge in [0.05, 0.1) is 6.10 Å². The molecule has 0 aliphatic heterocycles. The van der Waals surface area contributed by atoms with Crippen molar-refractivity contribution in [2.75, 3.05) is 0 Å². The standard InChI is InChI=1S/C27H44O.Ca.2H/c1-19(2)8-6-9-21(4)25-15-16-26-22(10-7-17-27(25,26)5)12-13-23-18-24(28)14-11-20(23)3;;;/h12-13,19,21,24-26,28H,3,6-11,14-18H2,1-2,4-5H3;;;/b22-12?,23-13-;;;/t21-,24+,25-,26?,27-;;;/m1.../s1. The summed E-state index contributed by atoms with van der Waals surface area (Å²) in [4.78, 5) is 0. The molecule has 3 saturated carbocycles. The Kier molecular flexibility index (Phi) is 10.1. The summed E-state index contributed by atoms with van der Waals surface area (Å²) in [5.41, 5.74) is 4.72. The topological polar surface area (TPSA) is 20.2 Å². The first-order valence-corrected chi connectivity index (χ1v) is 12.1. The first kappa shape index (κ1) is 25.7. The number of fused-ring (bicyclic) bond motifs is 1. The molecule has 2 heteroatoms. The molecular weight excluding hydrogens is 380 g/mol. The Bertz CT molecular complexity index is 616. The maximum absolute atomic E-state index is 10.0. The summed E-state index contributed by atoms with van der Waals surface area (Å²) in [6.45, 7) is 14.1. The van der Waals surface area contributed by atoms with Crippen molar-refractivity contribution in [3.8, 4) is 0 Å². The quantitative estimate of drug-likeness (QED) is 0.468. The van der Waals surface area contributed by atoms with Crippen LogP contribution in [0.5, 0.6) is 0 Å². The van der Waals surface area contributed by atoms with Crippen LogP contribution in [0.4, 0.5) is 0 Å². The molecule has 0 spiro atoms. The first-order valence-electron chi connectivity index (χ1n) is 12.1. The Morgan fingerprint density at radius 2 is 1.86 bits per heavy atom. The van der Waals surface area contributed by atoms with Crippen LogP contribution < -0.4 is 0 Å². The monoisotopic (exact) mass is 426 g/mol. The van der Waals surface area contributed by atoms with Crippen LogP contribution in [0.25, 0.3) is 0 Å². The molecule has 0 aromatic rings. The third kappa shape index (κ3) is 6.24. The Balaban J connectivity index is 0.00000300. The second-order valence-electron chi connectivity index (χ2n) is 10.8. The van der Waals surface area contributed by atoms with E-state index in [1.807, 2.05) is 0 Å². The van der Waals surface area contributed by atoms with Gasteiger partial charge in [0.2, 0.25) is 0 Å². The number of hydrogen-bond donors (Lipinski definition) is 1. The minimum atomic E-state index is -0.172. The summed E-state index contributed by atoms with van der Waals surface area (Å²) in [6.07, 6.45) is 18.2. The summed E-state index contributed by atoms with van der Waals surface area (Å²) in [5.74, 6) is 3.37. The average Bonchev–Trinajstić information content (AvgIpc) is 2.99. The summed E-state index contributed by atoms with van der Waals surface area (Å²) in [6, 6.07) is 0.